The number of hydrogen-bond donors (Lipinski definition) is 2. The van der Waals surface area contributed by atoms with E-state index in [2.05, 4.69) is 10.6 Å². The van der Waals surface area contributed by atoms with Crippen molar-refractivity contribution in [2.75, 3.05) is 10.6 Å². The molecule has 5 nitrogen and oxygen atoms in total. The number of para-hydroxylation sites is 1. The Morgan fingerprint density at radius 2 is 1.16 bits per heavy atom. The lowest BCUT2D eigenvalue weighted by Crippen LogP contribution is -2.14. The van der Waals surface area contributed by atoms with Gasteiger partial charge in [0.2, 0.25) is 11.8 Å². The van der Waals surface area contributed by atoms with Crippen LogP contribution in [0.4, 0.5) is 11.4 Å². The highest BCUT2D eigenvalue weighted by Gasteiger charge is 2.12. The lowest BCUT2D eigenvalue weighted by atomic mass is 10.1. The lowest BCUT2D eigenvalue weighted by molar-refractivity contribution is -0.116. The van der Waals surface area contributed by atoms with E-state index in [0.717, 1.165) is 31.9 Å². The standard InChI is InChI=1S/C31H27N3O2S/c35-29(17-15-22-9-3-1-4-10-22)32-25-19-24(31-34-27-13-7-8-14-28(27)37-31)20-26(21-25)33-30(36)18-16-23-11-5-2-6-12-23/h1-14,19-21H,15-18H2,(H,32,35)(H,33,36). The fourth-order valence-electron chi connectivity index (χ4n) is 4.14. The molecule has 2 N–H and O–H groups in total. The van der Waals surface area contributed by atoms with Gasteiger partial charge in [0.15, 0.2) is 0 Å². The van der Waals surface area contributed by atoms with Crippen LogP contribution in [0.15, 0.2) is 103 Å². The molecule has 0 spiro atoms. The van der Waals surface area contributed by atoms with Gasteiger partial charge in [-0.05, 0) is 54.3 Å². The number of aromatic nitrogens is 1. The zero-order valence-electron chi connectivity index (χ0n) is 20.3. The smallest absolute Gasteiger partial charge is 0.224 e. The van der Waals surface area contributed by atoms with Crippen LogP contribution in [-0.4, -0.2) is 16.8 Å². The maximum atomic E-state index is 12.8. The molecule has 0 aliphatic heterocycles. The van der Waals surface area contributed by atoms with Gasteiger partial charge >= 0.3 is 0 Å². The zero-order chi connectivity index (χ0) is 25.5. The first kappa shape index (κ1) is 24.4. The number of carbonyl (C=O) groups excluding carboxylic acids is 2. The molecule has 0 aliphatic carbocycles. The molecule has 2 amide bonds. The Hall–Kier alpha value is -4.29. The lowest BCUT2D eigenvalue weighted by Gasteiger charge is -2.12. The number of benzene rings is 4. The molecule has 4 aromatic carbocycles. The Balaban J connectivity index is 1.34. The van der Waals surface area contributed by atoms with E-state index in [4.69, 9.17) is 4.98 Å². The van der Waals surface area contributed by atoms with Crippen molar-refractivity contribution in [1.82, 2.24) is 4.98 Å². The van der Waals surface area contributed by atoms with Crippen molar-refractivity contribution in [3.63, 3.8) is 0 Å². The fraction of sp³-hybridized carbons (Fsp3) is 0.129. The molecule has 0 fully saturated rings. The predicted octanol–water partition coefficient (Wildman–Crippen LogP) is 7.11. The molecular formula is C31H27N3O2S. The summed E-state index contributed by atoms with van der Waals surface area (Å²) in [6.07, 6.45) is 2.06. The highest BCUT2D eigenvalue weighted by atomic mass is 32.1. The normalized spacial score (nSPS) is 10.8. The molecule has 0 atom stereocenters. The molecule has 37 heavy (non-hydrogen) atoms. The summed E-state index contributed by atoms with van der Waals surface area (Å²) in [4.78, 5) is 30.3. The number of amides is 2. The molecular weight excluding hydrogens is 478 g/mol. The molecule has 184 valence electrons. The quantitative estimate of drug-likeness (QED) is 0.224. The fourth-order valence-corrected chi connectivity index (χ4v) is 5.10. The SMILES string of the molecule is O=C(CCc1ccccc1)Nc1cc(NC(=O)CCc2ccccc2)cc(-c2nc3ccccc3s2)c1. The first-order chi connectivity index (χ1) is 18.1. The van der Waals surface area contributed by atoms with Crippen LogP contribution in [-0.2, 0) is 22.4 Å². The second-order valence-corrected chi connectivity index (χ2v) is 9.88. The number of anilines is 2. The van der Waals surface area contributed by atoms with Crippen molar-refractivity contribution >= 4 is 44.7 Å². The number of hydrogen-bond acceptors (Lipinski definition) is 4. The van der Waals surface area contributed by atoms with Gasteiger partial charge in [0, 0.05) is 29.8 Å². The van der Waals surface area contributed by atoms with Gasteiger partial charge in [-0.25, -0.2) is 4.98 Å². The van der Waals surface area contributed by atoms with Crippen LogP contribution in [0.25, 0.3) is 20.8 Å². The maximum Gasteiger partial charge on any atom is 0.224 e. The molecule has 0 bridgehead atoms. The number of nitrogens with zero attached hydrogens (tertiary/aromatic N) is 1. The monoisotopic (exact) mass is 505 g/mol. The van der Waals surface area contributed by atoms with Crippen LogP contribution in [0.1, 0.15) is 24.0 Å². The van der Waals surface area contributed by atoms with Crippen LogP contribution in [0.2, 0.25) is 0 Å². The minimum atomic E-state index is -0.0772. The van der Waals surface area contributed by atoms with Gasteiger partial charge in [0.25, 0.3) is 0 Å². The van der Waals surface area contributed by atoms with Gasteiger partial charge in [-0.15, -0.1) is 11.3 Å². The largest absolute Gasteiger partial charge is 0.326 e. The third kappa shape index (κ3) is 6.68. The maximum absolute atomic E-state index is 12.8. The highest BCUT2D eigenvalue weighted by molar-refractivity contribution is 7.21. The number of carbonyl (C=O) groups is 2. The Kier molecular flexibility index (Phi) is 7.67. The molecule has 5 aromatic rings. The van der Waals surface area contributed by atoms with Gasteiger partial charge in [0.05, 0.1) is 10.2 Å². The molecule has 0 saturated carbocycles. The summed E-state index contributed by atoms with van der Waals surface area (Å²) in [5.41, 5.74) is 5.27. The molecule has 1 aromatic heterocycles. The van der Waals surface area contributed by atoms with Gasteiger partial charge in [-0.1, -0.05) is 72.8 Å². The van der Waals surface area contributed by atoms with E-state index in [1.807, 2.05) is 97.1 Å². The van der Waals surface area contributed by atoms with E-state index >= 15 is 0 Å². The minimum absolute atomic E-state index is 0.0772. The Morgan fingerprint density at radius 1 is 0.649 bits per heavy atom. The molecule has 0 radical (unpaired) electrons. The number of fused-ring (bicyclic) bond motifs is 1. The highest BCUT2D eigenvalue weighted by Crippen LogP contribution is 2.33. The Labute approximate surface area is 220 Å². The third-order valence-electron chi connectivity index (χ3n) is 6.01. The summed E-state index contributed by atoms with van der Waals surface area (Å²) in [5.74, 6) is -0.154. The summed E-state index contributed by atoms with van der Waals surface area (Å²) < 4.78 is 1.09. The van der Waals surface area contributed by atoms with Crippen LogP contribution in [0.5, 0.6) is 0 Å². The summed E-state index contributed by atoms with van der Waals surface area (Å²) >= 11 is 1.58. The van der Waals surface area contributed by atoms with E-state index in [9.17, 15) is 9.59 Å². The number of nitrogens with one attached hydrogen (secondary N) is 2. The molecule has 5 rings (SSSR count). The van der Waals surface area contributed by atoms with Crippen molar-refractivity contribution in [2.45, 2.75) is 25.7 Å². The van der Waals surface area contributed by atoms with Gasteiger partial charge in [-0.3, -0.25) is 9.59 Å². The van der Waals surface area contributed by atoms with Crippen molar-refractivity contribution in [3.8, 4) is 10.6 Å². The van der Waals surface area contributed by atoms with E-state index in [-0.39, 0.29) is 11.8 Å². The summed E-state index contributed by atoms with van der Waals surface area (Å²) in [5, 5.41) is 6.86. The topological polar surface area (TPSA) is 71.1 Å². The summed E-state index contributed by atoms with van der Waals surface area (Å²) in [6.45, 7) is 0. The number of rotatable bonds is 9. The minimum Gasteiger partial charge on any atom is -0.326 e. The number of aryl methyl sites for hydroxylation is 2. The second kappa shape index (κ2) is 11.6. The van der Waals surface area contributed by atoms with E-state index in [1.165, 1.54) is 0 Å². The molecule has 0 unspecified atom stereocenters. The van der Waals surface area contributed by atoms with Gasteiger partial charge in [0.1, 0.15) is 5.01 Å². The summed E-state index contributed by atoms with van der Waals surface area (Å²) in [7, 11) is 0. The number of thiazole rings is 1. The van der Waals surface area contributed by atoms with Crippen molar-refractivity contribution in [1.29, 1.82) is 0 Å². The van der Waals surface area contributed by atoms with Crippen LogP contribution in [0.3, 0.4) is 0 Å². The van der Waals surface area contributed by atoms with Crippen molar-refractivity contribution in [2.24, 2.45) is 0 Å². The molecule has 1 heterocycles. The molecule has 0 saturated heterocycles. The average Bonchev–Trinajstić information content (AvgIpc) is 3.36. The van der Waals surface area contributed by atoms with Crippen LogP contribution in [0, 0.1) is 0 Å². The third-order valence-corrected chi connectivity index (χ3v) is 7.09. The van der Waals surface area contributed by atoms with Gasteiger partial charge in [-0.2, -0.15) is 0 Å². The molecule has 6 heteroatoms. The van der Waals surface area contributed by atoms with E-state index < -0.39 is 0 Å². The predicted molar refractivity (Wildman–Crippen MR) is 152 cm³/mol. The van der Waals surface area contributed by atoms with Crippen LogP contribution >= 0.6 is 11.3 Å². The average molecular weight is 506 g/mol. The first-order valence-corrected chi connectivity index (χ1v) is 13.1. The van der Waals surface area contributed by atoms with Crippen molar-refractivity contribution in [3.05, 3.63) is 114 Å². The first-order valence-electron chi connectivity index (χ1n) is 12.3. The van der Waals surface area contributed by atoms with E-state index in [1.54, 1.807) is 17.4 Å². The second-order valence-electron chi connectivity index (χ2n) is 8.85. The van der Waals surface area contributed by atoms with E-state index in [0.29, 0.717) is 37.1 Å². The molecule has 0 aliphatic rings. The Bertz CT molecular complexity index is 1410. The van der Waals surface area contributed by atoms with Gasteiger partial charge < -0.3 is 10.6 Å². The zero-order valence-corrected chi connectivity index (χ0v) is 21.1. The van der Waals surface area contributed by atoms with Crippen LogP contribution < -0.4 is 10.6 Å². The Morgan fingerprint density at radius 3 is 1.70 bits per heavy atom. The van der Waals surface area contributed by atoms with Crippen molar-refractivity contribution < 1.29 is 9.59 Å². The summed E-state index contributed by atoms with van der Waals surface area (Å²) in [6, 6.07) is 33.5.